The molecule has 0 aliphatic heterocycles. The summed E-state index contributed by atoms with van der Waals surface area (Å²) >= 11 is 0. The molecule has 0 saturated heterocycles. The number of carbonyl (C=O) groups is 2. The van der Waals surface area contributed by atoms with Crippen molar-refractivity contribution in [3.8, 4) is 23.0 Å². The molecule has 0 aromatic heterocycles. The van der Waals surface area contributed by atoms with Gasteiger partial charge in [0.1, 0.15) is 23.0 Å². The summed E-state index contributed by atoms with van der Waals surface area (Å²) < 4.78 is 0. The summed E-state index contributed by atoms with van der Waals surface area (Å²) in [7, 11) is 0. The number of benzene rings is 4. The van der Waals surface area contributed by atoms with Crippen LogP contribution < -0.4 is 0 Å². The van der Waals surface area contributed by atoms with Crippen LogP contribution in [0.1, 0.15) is 173 Å². The van der Waals surface area contributed by atoms with E-state index in [1.165, 1.54) is 24.0 Å². The fourth-order valence-corrected chi connectivity index (χ4v) is 9.67. The van der Waals surface area contributed by atoms with E-state index >= 15 is 0 Å². The van der Waals surface area contributed by atoms with Crippen LogP contribution in [0.3, 0.4) is 0 Å². The molecule has 7 rings (SSSR count). The molecule has 4 N–H and O–H groups in total. The Labute approximate surface area is 307 Å². The van der Waals surface area contributed by atoms with Crippen molar-refractivity contribution in [3.63, 3.8) is 0 Å². The Morgan fingerprint density at radius 3 is 1.33 bits per heavy atom. The summed E-state index contributed by atoms with van der Waals surface area (Å²) in [6.07, 6.45) is 18.6. The highest BCUT2D eigenvalue weighted by molar-refractivity contribution is 5.80. The van der Waals surface area contributed by atoms with Gasteiger partial charge in [0.15, 0.2) is 12.6 Å². The van der Waals surface area contributed by atoms with Crippen molar-refractivity contribution in [2.75, 3.05) is 0 Å². The molecule has 3 saturated carbocycles. The Hall–Kier alpha value is -4.58. The minimum absolute atomic E-state index is 0.0487. The molecular weight excluding hydrogens is 649 g/mol. The normalized spacial score (nSPS) is 18.2. The number of phenols is 4. The molecule has 3 fully saturated rings. The maximum Gasteiger partial charge on any atom is 0.153 e. The average molecular weight is 701 g/mol. The van der Waals surface area contributed by atoms with E-state index in [0.717, 1.165) is 117 Å². The third-order valence-corrected chi connectivity index (χ3v) is 12.6. The molecule has 6 nitrogen and oxygen atoms in total. The fraction of sp³-hybridized carbons (Fsp3) is 0.435. The number of aldehydes is 2. The highest BCUT2D eigenvalue weighted by atomic mass is 16.3. The molecule has 0 radical (unpaired) electrons. The van der Waals surface area contributed by atoms with E-state index in [-0.39, 0.29) is 39.9 Å². The van der Waals surface area contributed by atoms with Crippen LogP contribution in [-0.4, -0.2) is 33.0 Å². The molecule has 0 atom stereocenters. The second-order valence-electron chi connectivity index (χ2n) is 15.8. The van der Waals surface area contributed by atoms with E-state index in [4.69, 9.17) is 0 Å². The number of hydrogen-bond donors (Lipinski definition) is 4. The van der Waals surface area contributed by atoms with Gasteiger partial charge in [-0.05, 0) is 119 Å². The average Bonchev–Trinajstić information content (AvgIpc) is 3.18. The molecule has 3 aliphatic carbocycles. The van der Waals surface area contributed by atoms with E-state index < -0.39 is 0 Å². The quantitative estimate of drug-likeness (QED) is 0.122. The SMILES string of the molecule is O=Cc1cc(Cc2cc(C3(c4cc(Cc5ccc(O)c(C=O)c5)c(O)c(C5CCCCC5)c4)CCCCC3)cc(C3CCCCC3)c2O)ccc1O. The largest absolute Gasteiger partial charge is 0.507 e. The molecule has 4 aromatic rings. The minimum atomic E-state index is -0.332. The van der Waals surface area contributed by atoms with Gasteiger partial charge >= 0.3 is 0 Å². The second-order valence-corrected chi connectivity index (χ2v) is 15.8. The maximum absolute atomic E-state index is 12.0. The highest BCUT2D eigenvalue weighted by Gasteiger charge is 2.39. The molecule has 3 aliphatic rings. The zero-order valence-corrected chi connectivity index (χ0v) is 30.2. The lowest BCUT2D eigenvalue weighted by Crippen LogP contribution is -2.31. The van der Waals surface area contributed by atoms with Crippen molar-refractivity contribution in [3.05, 3.63) is 116 Å². The third kappa shape index (κ3) is 7.22. The van der Waals surface area contributed by atoms with Gasteiger partial charge in [-0.3, -0.25) is 9.59 Å². The molecular formula is C46H52O6. The topological polar surface area (TPSA) is 115 Å². The van der Waals surface area contributed by atoms with Crippen molar-refractivity contribution < 1.29 is 30.0 Å². The first-order chi connectivity index (χ1) is 25.3. The van der Waals surface area contributed by atoms with E-state index in [9.17, 15) is 30.0 Å². The van der Waals surface area contributed by atoms with Crippen LogP contribution in [-0.2, 0) is 18.3 Å². The van der Waals surface area contributed by atoms with Crippen molar-refractivity contribution in [1.29, 1.82) is 0 Å². The lowest BCUT2D eigenvalue weighted by molar-refractivity contribution is 0.111. The Morgan fingerprint density at radius 1 is 0.519 bits per heavy atom. The van der Waals surface area contributed by atoms with Crippen LogP contribution in [0.5, 0.6) is 23.0 Å². The second kappa shape index (κ2) is 15.6. The molecule has 0 heterocycles. The standard InChI is InChI=1S/C46H52O6/c47-28-36-22-30(14-16-42(36)49)20-34-24-38(26-40(44(34)51)32-10-4-1-5-11-32)46(18-8-3-9-19-46)39-25-35(21-31-15-17-43(50)37(23-31)29-48)45(52)41(27-39)33-12-6-2-7-13-33/h14-17,22-29,32-33,49-52H,1-13,18-21H2. The van der Waals surface area contributed by atoms with Crippen LogP contribution in [0, 0.1) is 0 Å². The molecule has 0 spiro atoms. The van der Waals surface area contributed by atoms with Crippen molar-refractivity contribution in [1.82, 2.24) is 0 Å². The predicted molar refractivity (Wildman–Crippen MR) is 204 cm³/mol. The summed E-state index contributed by atoms with van der Waals surface area (Å²) in [5.41, 5.74) is 7.97. The van der Waals surface area contributed by atoms with Gasteiger partial charge in [0, 0.05) is 18.3 Å². The van der Waals surface area contributed by atoms with Crippen LogP contribution in [0.15, 0.2) is 60.7 Å². The van der Waals surface area contributed by atoms with E-state index in [1.807, 2.05) is 12.1 Å². The Balaban J connectivity index is 1.40. The minimum Gasteiger partial charge on any atom is -0.507 e. The molecule has 4 aromatic carbocycles. The highest BCUT2D eigenvalue weighted by Crippen LogP contribution is 2.51. The van der Waals surface area contributed by atoms with Crippen molar-refractivity contribution >= 4 is 12.6 Å². The maximum atomic E-state index is 12.0. The molecule has 52 heavy (non-hydrogen) atoms. The zero-order valence-electron chi connectivity index (χ0n) is 30.2. The van der Waals surface area contributed by atoms with Gasteiger partial charge in [0.05, 0.1) is 11.1 Å². The van der Waals surface area contributed by atoms with Gasteiger partial charge in [-0.1, -0.05) is 94.2 Å². The van der Waals surface area contributed by atoms with E-state index in [2.05, 4.69) is 24.3 Å². The van der Waals surface area contributed by atoms with E-state index in [1.54, 1.807) is 24.3 Å². The molecule has 0 amide bonds. The molecule has 0 bridgehead atoms. The van der Waals surface area contributed by atoms with Gasteiger partial charge in [0.25, 0.3) is 0 Å². The predicted octanol–water partition coefficient (Wildman–Crippen LogP) is 10.7. The first kappa shape index (κ1) is 35.8. The number of phenolic OH excluding ortho intramolecular Hbond substituents is 4. The Bertz CT molecular complexity index is 1790. The third-order valence-electron chi connectivity index (χ3n) is 12.6. The van der Waals surface area contributed by atoms with Crippen LogP contribution in [0.2, 0.25) is 0 Å². The monoisotopic (exact) mass is 700 g/mol. The van der Waals surface area contributed by atoms with Crippen molar-refractivity contribution in [2.24, 2.45) is 0 Å². The van der Waals surface area contributed by atoms with Gasteiger partial charge in [0.2, 0.25) is 0 Å². The first-order valence-corrected chi connectivity index (χ1v) is 19.6. The summed E-state index contributed by atoms with van der Waals surface area (Å²) in [5.74, 6) is 1.13. The fourth-order valence-electron chi connectivity index (χ4n) is 9.67. The van der Waals surface area contributed by atoms with Gasteiger partial charge in [-0.15, -0.1) is 0 Å². The Kier molecular flexibility index (Phi) is 10.7. The van der Waals surface area contributed by atoms with Crippen LogP contribution >= 0.6 is 0 Å². The smallest absolute Gasteiger partial charge is 0.153 e. The summed E-state index contributed by atoms with van der Waals surface area (Å²) in [5, 5.41) is 44.4. The number of carbonyl (C=O) groups excluding carboxylic acids is 2. The van der Waals surface area contributed by atoms with E-state index in [0.29, 0.717) is 36.9 Å². The number of rotatable bonds is 10. The number of aromatic hydroxyl groups is 4. The lowest BCUT2D eigenvalue weighted by Gasteiger charge is -2.41. The summed E-state index contributed by atoms with van der Waals surface area (Å²) in [4.78, 5) is 23.4. The Morgan fingerprint density at radius 2 is 0.923 bits per heavy atom. The molecule has 272 valence electrons. The van der Waals surface area contributed by atoms with Crippen LogP contribution in [0.4, 0.5) is 0 Å². The van der Waals surface area contributed by atoms with Gasteiger partial charge in [-0.25, -0.2) is 0 Å². The molecule has 6 heteroatoms. The summed E-state index contributed by atoms with van der Waals surface area (Å²) in [6, 6.07) is 19.2. The number of hydrogen-bond acceptors (Lipinski definition) is 6. The zero-order chi connectivity index (χ0) is 36.2. The van der Waals surface area contributed by atoms with Gasteiger partial charge < -0.3 is 20.4 Å². The molecule has 0 unspecified atom stereocenters. The summed E-state index contributed by atoms with van der Waals surface area (Å²) in [6.45, 7) is 0. The van der Waals surface area contributed by atoms with Crippen molar-refractivity contribution in [2.45, 2.75) is 126 Å². The van der Waals surface area contributed by atoms with Gasteiger partial charge in [-0.2, -0.15) is 0 Å². The lowest BCUT2D eigenvalue weighted by atomic mass is 9.63. The first-order valence-electron chi connectivity index (χ1n) is 19.6. The van der Waals surface area contributed by atoms with Crippen LogP contribution in [0.25, 0.3) is 0 Å².